The number of hydrogen-bond donors (Lipinski definition) is 0. The molecule has 0 amide bonds. The Morgan fingerprint density at radius 1 is 0.960 bits per heavy atom. The topological polar surface area (TPSA) is 19.5 Å². The molecule has 0 N–H and O–H groups in total. The van der Waals surface area contributed by atoms with Crippen LogP contribution in [0.2, 0.25) is 0 Å². The van der Waals surface area contributed by atoms with Gasteiger partial charge in [0.15, 0.2) is 0 Å². The Balaban J connectivity index is 1.85. The van der Waals surface area contributed by atoms with Gasteiger partial charge in [-0.05, 0) is 57.2 Å². The standard InChI is InChI=1S/C22H26N3/c1-5-25(6-2)20-12-9-19(10-13-20)23-16-21-11-8-18-15-17(3)7-14-22(18)24(21)4/h7-16H,5-6H2,1-4H3/q+1. The van der Waals surface area contributed by atoms with Crippen LogP contribution < -0.4 is 9.47 Å². The van der Waals surface area contributed by atoms with Crippen LogP contribution in [0.15, 0.2) is 59.6 Å². The van der Waals surface area contributed by atoms with Gasteiger partial charge in [0.05, 0.1) is 11.9 Å². The van der Waals surface area contributed by atoms with Crippen LogP contribution in [-0.4, -0.2) is 19.3 Å². The molecule has 0 bridgehead atoms. The highest BCUT2D eigenvalue weighted by atomic mass is 15.1. The molecule has 0 saturated carbocycles. The first-order valence-corrected chi connectivity index (χ1v) is 8.91. The van der Waals surface area contributed by atoms with E-state index in [0.29, 0.717) is 0 Å². The second kappa shape index (κ2) is 7.47. The lowest BCUT2D eigenvalue weighted by Crippen LogP contribution is -2.34. The first kappa shape index (κ1) is 17.2. The Labute approximate surface area is 150 Å². The van der Waals surface area contributed by atoms with Crippen LogP contribution in [0.3, 0.4) is 0 Å². The summed E-state index contributed by atoms with van der Waals surface area (Å²) in [6, 6.07) is 19.2. The van der Waals surface area contributed by atoms with Gasteiger partial charge in [0.2, 0.25) is 11.2 Å². The Bertz CT molecular complexity index is 891. The third-order valence-electron chi connectivity index (χ3n) is 4.69. The summed E-state index contributed by atoms with van der Waals surface area (Å²) in [5.74, 6) is 0. The van der Waals surface area contributed by atoms with Crippen LogP contribution in [0.4, 0.5) is 11.4 Å². The molecule has 2 aromatic carbocycles. The highest BCUT2D eigenvalue weighted by Gasteiger charge is 2.09. The number of aliphatic imine (C=N–C) groups is 1. The largest absolute Gasteiger partial charge is 0.372 e. The Morgan fingerprint density at radius 3 is 2.36 bits per heavy atom. The molecule has 0 aliphatic rings. The SMILES string of the molecule is CCN(CC)c1ccc(N=Cc2ccc3cc(C)ccc3[n+]2C)cc1. The maximum atomic E-state index is 4.65. The average Bonchev–Trinajstić information content (AvgIpc) is 2.63. The van der Waals surface area contributed by atoms with E-state index in [0.717, 1.165) is 24.5 Å². The van der Waals surface area contributed by atoms with Gasteiger partial charge < -0.3 is 4.90 Å². The molecule has 0 spiro atoms. The second-order valence-corrected chi connectivity index (χ2v) is 6.33. The zero-order valence-electron chi connectivity index (χ0n) is 15.5. The van der Waals surface area contributed by atoms with Crippen LogP contribution >= 0.6 is 0 Å². The summed E-state index contributed by atoms with van der Waals surface area (Å²) in [5.41, 5.74) is 5.80. The summed E-state index contributed by atoms with van der Waals surface area (Å²) >= 11 is 0. The molecule has 0 aliphatic heterocycles. The van der Waals surface area contributed by atoms with Crippen molar-refractivity contribution in [2.45, 2.75) is 20.8 Å². The molecule has 0 atom stereocenters. The summed E-state index contributed by atoms with van der Waals surface area (Å²) in [5, 5.41) is 1.25. The van der Waals surface area contributed by atoms with Crippen LogP contribution in [-0.2, 0) is 7.05 Å². The smallest absolute Gasteiger partial charge is 0.223 e. The minimum absolute atomic E-state index is 0.972. The molecule has 0 fully saturated rings. The lowest BCUT2D eigenvalue weighted by atomic mass is 10.1. The van der Waals surface area contributed by atoms with Crippen LogP contribution in [0.1, 0.15) is 25.1 Å². The van der Waals surface area contributed by atoms with Gasteiger partial charge in [-0.15, -0.1) is 0 Å². The van der Waals surface area contributed by atoms with E-state index >= 15 is 0 Å². The van der Waals surface area contributed by atoms with E-state index in [-0.39, 0.29) is 0 Å². The van der Waals surface area contributed by atoms with Gasteiger partial charge in [0.1, 0.15) is 7.05 Å². The van der Waals surface area contributed by atoms with Gasteiger partial charge in [0.25, 0.3) is 0 Å². The van der Waals surface area contributed by atoms with E-state index in [9.17, 15) is 0 Å². The Hall–Kier alpha value is -2.68. The van der Waals surface area contributed by atoms with Crippen LogP contribution in [0.5, 0.6) is 0 Å². The lowest BCUT2D eigenvalue weighted by Gasteiger charge is -2.20. The van der Waals surface area contributed by atoms with E-state index < -0.39 is 0 Å². The minimum Gasteiger partial charge on any atom is -0.372 e. The van der Waals surface area contributed by atoms with Gasteiger partial charge in [-0.3, -0.25) is 0 Å². The van der Waals surface area contributed by atoms with E-state index in [2.05, 4.69) is 96.9 Å². The maximum Gasteiger partial charge on any atom is 0.223 e. The van der Waals surface area contributed by atoms with Crippen LogP contribution in [0, 0.1) is 6.92 Å². The molecule has 128 valence electrons. The second-order valence-electron chi connectivity index (χ2n) is 6.33. The average molecular weight is 332 g/mol. The maximum absolute atomic E-state index is 4.65. The molecule has 0 aliphatic carbocycles. The van der Waals surface area contributed by atoms with E-state index in [4.69, 9.17) is 0 Å². The molecular formula is C22H26N3+. The number of aromatic nitrogens is 1. The van der Waals surface area contributed by atoms with Crippen molar-refractivity contribution in [3.63, 3.8) is 0 Å². The first-order valence-electron chi connectivity index (χ1n) is 8.91. The van der Waals surface area contributed by atoms with Crippen molar-refractivity contribution in [3.05, 3.63) is 65.9 Å². The van der Waals surface area contributed by atoms with Crippen molar-refractivity contribution in [1.29, 1.82) is 0 Å². The molecule has 3 heteroatoms. The van der Waals surface area contributed by atoms with Gasteiger partial charge >= 0.3 is 0 Å². The molecular weight excluding hydrogens is 306 g/mol. The highest BCUT2D eigenvalue weighted by Crippen LogP contribution is 2.19. The van der Waals surface area contributed by atoms with Crippen molar-refractivity contribution in [1.82, 2.24) is 0 Å². The van der Waals surface area contributed by atoms with Gasteiger partial charge in [-0.2, -0.15) is 4.57 Å². The normalized spacial score (nSPS) is 11.4. The Morgan fingerprint density at radius 2 is 1.68 bits per heavy atom. The first-order chi connectivity index (χ1) is 12.1. The Kier molecular flexibility index (Phi) is 5.13. The molecule has 3 rings (SSSR count). The quantitative estimate of drug-likeness (QED) is 0.495. The highest BCUT2D eigenvalue weighted by molar-refractivity contribution is 5.83. The number of aryl methyl sites for hydroxylation is 2. The third kappa shape index (κ3) is 3.71. The molecule has 0 saturated heterocycles. The van der Waals surface area contributed by atoms with E-state index in [1.807, 2.05) is 6.21 Å². The number of hydrogen-bond acceptors (Lipinski definition) is 2. The fourth-order valence-electron chi connectivity index (χ4n) is 3.15. The molecule has 1 heterocycles. The summed E-state index contributed by atoms with van der Waals surface area (Å²) in [6.07, 6.45) is 1.94. The summed E-state index contributed by atoms with van der Waals surface area (Å²) in [6.45, 7) is 8.52. The predicted molar refractivity (Wildman–Crippen MR) is 107 cm³/mol. The fourth-order valence-corrected chi connectivity index (χ4v) is 3.15. The molecule has 3 aromatic rings. The van der Waals surface area contributed by atoms with Gasteiger partial charge in [0, 0.05) is 36.3 Å². The van der Waals surface area contributed by atoms with Crippen LogP contribution in [0.25, 0.3) is 10.9 Å². The van der Waals surface area contributed by atoms with Crippen molar-refractivity contribution < 1.29 is 4.57 Å². The van der Waals surface area contributed by atoms with Crippen molar-refractivity contribution >= 4 is 28.5 Å². The molecule has 0 unspecified atom stereocenters. The monoisotopic (exact) mass is 332 g/mol. The van der Waals surface area contributed by atoms with Gasteiger partial charge in [-0.1, -0.05) is 11.6 Å². The van der Waals surface area contributed by atoms with Crippen molar-refractivity contribution in [2.75, 3.05) is 18.0 Å². The number of rotatable bonds is 5. The van der Waals surface area contributed by atoms with Crippen molar-refractivity contribution in [3.8, 4) is 0 Å². The molecule has 25 heavy (non-hydrogen) atoms. The predicted octanol–water partition coefficient (Wildman–Crippen LogP) is 4.57. The molecule has 0 radical (unpaired) electrons. The summed E-state index contributed by atoms with van der Waals surface area (Å²) < 4.78 is 2.18. The number of benzene rings is 2. The zero-order valence-corrected chi connectivity index (χ0v) is 15.5. The molecule has 1 aromatic heterocycles. The summed E-state index contributed by atoms with van der Waals surface area (Å²) in [7, 11) is 2.09. The lowest BCUT2D eigenvalue weighted by molar-refractivity contribution is -0.645. The number of fused-ring (bicyclic) bond motifs is 1. The zero-order chi connectivity index (χ0) is 17.8. The van der Waals surface area contributed by atoms with Crippen molar-refractivity contribution in [2.24, 2.45) is 12.0 Å². The van der Waals surface area contributed by atoms with Gasteiger partial charge in [-0.25, -0.2) is 4.99 Å². The number of pyridine rings is 1. The number of anilines is 1. The fraction of sp³-hybridized carbons (Fsp3) is 0.273. The van der Waals surface area contributed by atoms with E-state index in [1.54, 1.807) is 0 Å². The van der Waals surface area contributed by atoms with E-state index in [1.165, 1.54) is 22.2 Å². The number of nitrogens with zero attached hydrogens (tertiary/aromatic N) is 3. The summed E-state index contributed by atoms with van der Waals surface area (Å²) in [4.78, 5) is 6.98. The minimum atomic E-state index is 0.972. The third-order valence-corrected chi connectivity index (χ3v) is 4.69. The molecule has 3 nitrogen and oxygen atoms in total.